The van der Waals surface area contributed by atoms with Crippen LogP contribution in [0.2, 0.25) is 0 Å². The van der Waals surface area contributed by atoms with Crippen molar-refractivity contribution in [3.63, 3.8) is 0 Å². The molecule has 1 amide bonds. The summed E-state index contributed by atoms with van der Waals surface area (Å²) in [5.41, 5.74) is 3.59. The van der Waals surface area contributed by atoms with Crippen LogP contribution in [0.15, 0.2) is 72.8 Å². The minimum Gasteiger partial charge on any atom is -0.480 e. The Kier molecular flexibility index (Phi) is 5.02. The lowest BCUT2D eigenvalue weighted by Crippen LogP contribution is -2.44. The summed E-state index contributed by atoms with van der Waals surface area (Å²) in [4.78, 5) is 35.7. The van der Waals surface area contributed by atoms with Gasteiger partial charge in [0.05, 0.1) is 10.8 Å². The molecule has 1 aliphatic rings. The first kappa shape index (κ1) is 19.3. The van der Waals surface area contributed by atoms with Crippen molar-refractivity contribution in [2.24, 2.45) is 0 Å². The molecule has 0 saturated carbocycles. The molecule has 3 aromatic carbocycles. The number of carbonyl (C=O) groups is 2. The summed E-state index contributed by atoms with van der Waals surface area (Å²) in [6.45, 7) is 0. The van der Waals surface area contributed by atoms with Gasteiger partial charge in [0.2, 0.25) is 5.91 Å². The summed E-state index contributed by atoms with van der Waals surface area (Å²) in [6.07, 6.45) is -0.186. The molecule has 0 heterocycles. The van der Waals surface area contributed by atoms with Crippen LogP contribution >= 0.6 is 0 Å². The number of nitrogens with zero attached hydrogens (tertiary/aromatic N) is 1. The van der Waals surface area contributed by atoms with Crippen LogP contribution in [0.5, 0.6) is 0 Å². The second-order valence-electron chi connectivity index (χ2n) is 7.10. The van der Waals surface area contributed by atoms with Gasteiger partial charge in [0.15, 0.2) is 0 Å². The summed E-state index contributed by atoms with van der Waals surface area (Å²) in [6, 6.07) is 19.7. The number of amides is 1. The number of rotatable bonds is 6. The second kappa shape index (κ2) is 7.79. The Morgan fingerprint density at radius 3 is 2.03 bits per heavy atom. The number of aliphatic carboxylic acids is 1. The normalized spacial score (nSPS) is 13.2. The maximum absolute atomic E-state index is 13.2. The van der Waals surface area contributed by atoms with Crippen molar-refractivity contribution in [2.75, 3.05) is 0 Å². The minimum atomic E-state index is -1.29. The van der Waals surface area contributed by atoms with Gasteiger partial charge in [0, 0.05) is 18.1 Å². The van der Waals surface area contributed by atoms with Gasteiger partial charge in [-0.15, -0.1) is 0 Å². The molecule has 0 saturated heterocycles. The lowest BCUT2D eigenvalue weighted by atomic mass is 9.95. The SMILES string of the molecule is O=C(N[C@@H](Cc1ccccc1[N+](=O)[O-])C(=O)O)C1c2ccccc2-c2ccccc21. The number of nitro benzene ring substituents is 1. The Hall–Kier alpha value is -4.00. The van der Waals surface area contributed by atoms with Crippen molar-refractivity contribution in [1.29, 1.82) is 0 Å². The maximum atomic E-state index is 13.2. The zero-order valence-electron chi connectivity index (χ0n) is 15.8. The first-order valence-corrected chi connectivity index (χ1v) is 9.41. The quantitative estimate of drug-likeness (QED) is 0.484. The van der Waals surface area contributed by atoms with Gasteiger partial charge in [-0.05, 0) is 22.3 Å². The van der Waals surface area contributed by atoms with E-state index in [9.17, 15) is 24.8 Å². The molecule has 3 aromatic rings. The van der Waals surface area contributed by atoms with E-state index in [-0.39, 0.29) is 17.7 Å². The molecule has 4 rings (SSSR count). The van der Waals surface area contributed by atoms with Gasteiger partial charge < -0.3 is 10.4 Å². The average Bonchev–Trinajstić information content (AvgIpc) is 3.08. The molecule has 0 aromatic heterocycles. The van der Waals surface area contributed by atoms with E-state index in [1.54, 1.807) is 6.07 Å². The van der Waals surface area contributed by atoms with Crippen molar-refractivity contribution < 1.29 is 19.6 Å². The fraction of sp³-hybridized carbons (Fsp3) is 0.130. The fourth-order valence-corrected chi connectivity index (χ4v) is 3.97. The van der Waals surface area contributed by atoms with E-state index in [1.807, 2.05) is 48.5 Å². The molecule has 150 valence electrons. The molecular formula is C23H18N2O5. The highest BCUT2D eigenvalue weighted by Crippen LogP contribution is 2.44. The number of carboxylic acid groups (broad SMARTS) is 1. The van der Waals surface area contributed by atoms with Crippen molar-refractivity contribution >= 4 is 17.6 Å². The van der Waals surface area contributed by atoms with Crippen molar-refractivity contribution in [1.82, 2.24) is 5.32 Å². The third-order valence-electron chi connectivity index (χ3n) is 5.32. The van der Waals surface area contributed by atoms with E-state index < -0.39 is 28.8 Å². The molecule has 7 nitrogen and oxygen atoms in total. The summed E-state index contributed by atoms with van der Waals surface area (Å²) < 4.78 is 0. The molecule has 0 fully saturated rings. The van der Waals surface area contributed by atoms with Gasteiger partial charge in [-0.25, -0.2) is 4.79 Å². The van der Waals surface area contributed by atoms with E-state index in [0.717, 1.165) is 22.3 Å². The number of hydrogen-bond acceptors (Lipinski definition) is 4. The molecule has 1 atom stereocenters. The standard InChI is InChI=1S/C23H18N2O5/c26-22(21-17-10-4-2-8-15(17)16-9-3-5-11-18(16)21)24-19(23(27)28)13-14-7-1-6-12-20(14)25(29)30/h1-12,19,21H,13H2,(H,24,26)(H,27,28)/t19-/m0/s1. The molecular weight excluding hydrogens is 384 g/mol. The van der Waals surface area contributed by atoms with Crippen LogP contribution in [0.4, 0.5) is 5.69 Å². The maximum Gasteiger partial charge on any atom is 0.326 e. The fourth-order valence-electron chi connectivity index (χ4n) is 3.97. The Labute approximate surface area is 172 Å². The summed E-state index contributed by atoms with van der Waals surface area (Å²) in [7, 11) is 0. The highest BCUT2D eigenvalue weighted by Gasteiger charge is 2.35. The monoisotopic (exact) mass is 402 g/mol. The lowest BCUT2D eigenvalue weighted by Gasteiger charge is -2.19. The average molecular weight is 402 g/mol. The first-order chi connectivity index (χ1) is 14.5. The third kappa shape index (κ3) is 3.41. The van der Waals surface area contributed by atoms with Gasteiger partial charge >= 0.3 is 5.97 Å². The van der Waals surface area contributed by atoms with E-state index in [2.05, 4.69) is 5.32 Å². The summed E-state index contributed by atoms with van der Waals surface area (Å²) in [5, 5.41) is 23.5. The number of fused-ring (bicyclic) bond motifs is 3. The molecule has 0 spiro atoms. The first-order valence-electron chi connectivity index (χ1n) is 9.41. The molecule has 0 unspecified atom stereocenters. The smallest absolute Gasteiger partial charge is 0.326 e. The predicted octanol–water partition coefficient (Wildman–Crippen LogP) is 3.52. The van der Waals surface area contributed by atoms with Crippen molar-refractivity contribution in [3.05, 3.63) is 99.6 Å². The Morgan fingerprint density at radius 1 is 0.933 bits per heavy atom. The topological polar surface area (TPSA) is 110 Å². The Bertz CT molecular complexity index is 1110. The van der Waals surface area contributed by atoms with Crippen molar-refractivity contribution in [3.8, 4) is 11.1 Å². The molecule has 2 N–H and O–H groups in total. The zero-order valence-corrected chi connectivity index (χ0v) is 15.8. The summed E-state index contributed by atoms with van der Waals surface area (Å²) >= 11 is 0. The number of benzene rings is 3. The van der Waals surface area contributed by atoms with Gasteiger partial charge in [-0.1, -0.05) is 66.7 Å². The number of para-hydroxylation sites is 1. The number of carboxylic acids is 1. The molecule has 0 radical (unpaired) electrons. The number of hydrogen-bond donors (Lipinski definition) is 2. The zero-order chi connectivity index (χ0) is 21.3. The molecule has 0 bridgehead atoms. The largest absolute Gasteiger partial charge is 0.480 e. The Balaban J connectivity index is 1.64. The molecule has 1 aliphatic carbocycles. The number of carbonyl (C=O) groups excluding carboxylic acids is 1. The highest BCUT2D eigenvalue weighted by atomic mass is 16.6. The van der Waals surface area contributed by atoms with Crippen LogP contribution < -0.4 is 5.32 Å². The van der Waals surface area contributed by atoms with Gasteiger partial charge in [-0.3, -0.25) is 14.9 Å². The van der Waals surface area contributed by atoms with Gasteiger partial charge in [-0.2, -0.15) is 0 Å². The lowest BCUT2D eigenvalue weighted by molar-refractivity contribution is -0.385. The third-order valence-corrected chi connectivity index (χ3v) is 5.32. The van der Waals surface area contributed by atoms with E-state index in [1.165, 1.54) is 18.2 Å². The predicted molar refractivity (Wildman–Crippen MR) is 110 cm³/mol. The Morgan fingerprint density at radius 2 is 1.47 bits per heavy atom. The van der Waals surface area contributed by atoms with E-state index in [0.29, 0.717) is 0 Å². The summed E-state index contributed by atoms with van der Waals surface area (Å²) in [5.74, 6) is -2.33. The molecule has 0 aliphatic heterocycles. The minimum absolute atomic E-state index is 0.172. The van der Waals surface area contributed by atoms with Crippen molar-refractivity contribution in [2.45, 2.75) is 18.4 Å². The molecule has 30 heavy (non-hydrogen) atoms. The van der Waals surface area contributed by atoms with Crippen LogP contribution in [0, 0.1) is 10.1 Å². The van der Waals surface area contributed by atoms with Gasteiger partial charge in [0.1, 0.15) is 6.04 Å². The van der Waals surface area contributed by atoms with Crippen LogP contribution in [0.3, 0.4) is 0 Å². The second-order valence-corrected chi connectivity index (χ2v) is 7.10. The molecule has 7 heteroatoms. The number of nitrogens with one attached hydrogen (secondary N) is 1. The van der Waals surface area contributed by atoms with Crippen LogP contribution in [-0.2, 0) is 16.0 Å². The van der Waals surface area contributed by atoms with Gasteiger partial charge in [0.25, 0.3) is 5.69 Å². The van der Waals surface area contributed by atoms with Crippen LogP contribution in [-0.4, -0.2) is 27.9 Å². The highest BCUT2D eigenvalue weighted by molar-refractivity contribution is 5.97. The van der Waals surface area contributed by atoms with Crippen LogP contribution in [0.25, 0.3) is 11.1 Å². The number of nitro groups is 1. The van der Waals surface area contributed by atoms with E-state index >= 15 is 0 Å². The van der Waals surface area contributed by atoms with E-state index in [4.69, 9.17) is 0 Å². The van der Waals surface area contributed by atoms with Crippen LogP contribution in [0.1, 0.15) is 22.6 Å².